The van der Waals surface area contributed by atoms with Crippen LogP contribution in [0.1, 0.15) is 9.94 Å². The van der Waals surface area contributed by atoms with Gasteiger partial charge in [-0.15, -0.1) is 0 Å². The summed E-state index contributed by atoms with van der Waals surface area (Å²) in [5, 5.41) is 4.60. The van der Waals surface area contributed by atoms with Crippen molar-refractivity contribution in [3.8, 4) is 39.2 Å². The Hall–Kier alpha value is -5.54. The number of hydrogen-bond acceptors (Lipinski definition) is 2. The minimum Gasteiger partial charge on any atom is -0.297 e. The van der Waals surface area contributed by atoms with Crippen molar-refractivity contribution in [2.24, 2.45) is 0 Å². The van der Waals surface area contributed by atoms with Gasteiger partial charge in [0.2, 0.25) is 0 Å². The molecule has 0 bridgehead atoms. The van der Waals surface area contributed by atoms with E-state index in [1.165, 1.54) is 5.56 Å². The van der Waals surface area contributed by atoms with E-state index in [0.29, 0.717) is 5.52 Å². The third kappa shape index (κ3) is 3.82. The fourth-order valence-corrected chi connectivity index (χ4v) is 6.24. The van der Waals surface area contributed by atoms with Gasteiger partial charge in [0.1, 0.15) is 5.82 Å². The van der Waals surface area contributed by atoms with Crippen LogP contribution in [0.5, 0.6) is 0 Å². The predicted molar refractivity (Wildman–Crippen MR) is 175 cm³/mol. The number of aryl methyl sites for hydroxylation is 1. The number of fused-ring (bicyclic) bond motifs is 3. The molecule has 0 amide bonds. The first kappa shape index (κ1) is 21.2. The van der Waals surface area contributed by atoms with Crippen molar-refractivity contribution < 1.29 is 4.11 Å². The number of rotatable bonds is 4. The molecule has 0 saturated carbocycles. The molecule has 0 aliphatic rings. The van der Waals surface area contributed by atoms with E-state index in [2.05, 4.69) is 101 Å². The molecule has 2 aromatic heterocycles. The second-order valence-electron chi connectivity index (χ2n) is 10.4. The number of aromatic nitrogens is 3. The zero-order valence-electron chi connectivity index (χ0n) is 25.7. The summed E-state index contributed by atoms with van der Waals surface area (Å²) in [7, 11) is 0. The van der Waals surface area contributed by atoms with Crippen LogP contribution in [-0.2, 0) is 0 Å². The maximum atomic E-state index is 8.16. The Balaban J connectivity index is 1.36. The molecule has 0 atom stereocenters. The minimum absolute atomic E-state index is 0.0586. The van der Waals surface area contributed by atoms with Crippen LogP contribution >= 0.6 is 0 Å². The summed E-state index contributed by atoms with van der Waals surface area (Å²) in [6.45, 7) is -2.36. The molecule has 0 aliphatic heterocycles. The van der Waals surface area contributed by atoms with Gasteiger partial charge in [-0.05, 0) is 87.0 Å². The van der Waals surface area contributed by atoms with Gasteiger partial charge >= 0.3 is 0 Å². The van der Waals surface area contributed by atoms with Crippen LogP contribution in [0.4, 0.5) is 0 Å². The van der Waals surface area contributed by atoms with E-state index in [-0.39, 0.29) is 5.82 Å². The topological polar surface area (TPSA) is 30.7 Å². The van der Waals surface area contributed by atoms with E-state index < -0.39 is 6.85 Å². The van der Waals surface area contributed by atoms with Gasteiger partial charge in [0.25, 0.3) is 0 Å². The summed E-state index contributed by atoms with van der Waals surface area (Å²) in [6.07, 6.45) is 1.84. The highest BCUT2D eigenvalue weighted by Crippen LogP contribution is 2.45. The molecule has 198 valence electrons. The van der Waals surface area contributed by atoms with E-state index in [1.807, 2.05) is 54.7 Å². The van der Waals surface area contributed by atoms with Gasteiger partial charge in [-0.3, -0.25) is 9.55 Å². The van der Waals surface area contributed by atoms with E-state index in [1.54, 1.807) is 4.57 Å². The summed E-state index contributed by atoms with van der Waals surface area (Å²) in [5.41, 5.74) is 8.70. The molecule has 2 heterocycles. The molecule has 42 heavy (non-hydrogen) atoms. The van der Waals surface area contributed by atoms with Crippen LogP contribution in [0.2, 0.25) is 0 Å². The lowest BCUT2D eigenvalue weighted by Gasteiger charge is -2.19. The second-order valence-corrected chi connectivity index (χ2v) is 10.4. The number of nitrogens with zero attached hydrogens (tertiary/aromatic N) is 3. The van der Waals surface area contributed by atoms with Crippen LogP contribution in [0.3, 0.4) is 0 Å². The fraction of sp³-hybridized carbons (Fsp3) is 0.0256. The smallest absolute Gasteiger partial charge is 0.111 e. The van der Waals surface area contributed by atoms with Gasteiger partial charge in [0.15, 0.2) is 0 Å². The van der Waals surface area contributed by atoms with E-state index in [0.717, 1.165) is 60.7 Å². The predicted octanol–water partition coefficient (Wildman–Crippen LogP) is 10.0. The molecule has 6 aromatic carbocycles. The van der Waals surface area contributed by atoms with Gasteiger partial charge in [0, 0.05) is 21.6 Å². The highest BCUT2D eigenvalue weighted by molar-refractivity contribution is 6.22. The molecule has 0 radical (unpaired) electrons. The summed E-state index contributed by atoms with van der Waals surface area (Å²) in [6, 6.07) is 47.3. The van der Waals surface area contributed by atoms with Crippen LogP contribution in [0.25, 0.3) is 71.8 Å². The Labute approximate surface area is 248 Å². The second kappa shape index (κ2) is 9.83. The zero-order chi connectivity index (χ0) is 30.5. The van der Waals surface area contributed by atoms with Gasteiger partial charge in [0.05, 0.1) is 16.7 Å². The van der Waals surface area contributed by atoms with Crippen LogP contribution in [-0.4, -0.2) is 14.5 Å². The fourth-order valence-electron chi connectivity index (χ4n) is 6.24. The Kier molecular flexibility index (Phi) is 4.97. The molecule has 0 fully saturated rings. The van der Waals surface area contributed by atoms with Crippen molar-refractivity contribution in [3.05, 3.63) is 152 Å². The van der Waals surface area contributed by atoms with E-state index in [9.17, 15) is 0 Å². The van der Waals surface area contributed by atoms with E-state index in [4.69, 9.17) is 4.11 Å². The third-order valence-corrected chi connectivity index (χ3v) is 8.04. The van der Waals surface area contributed by atoms with Crippen molar-refractivity contribution >= 4 is 32.6 Å². The van der Waals surface area contributed by atoms with Crippen molar-refractivity contribution in [3.63, 3.8) is 0 Å². The SMILES string of the molecule is [2H]C([2H])([2H])c1nc2ccccc2n1-c1ccc(-c2c3ccccc3c(-c3ccccc3-c3ccccn3)c3ccccc23)cc1. The molecule has 3 nitrogen and oxygen atoms in total. The number of hydrogen-bond donors (Lipinski definition) is 0. The first-order valence-corrected chi connectivity index (χ1v) is 14.0. The summed E-state index contributed by atoms with van der Waals surface area (Å²) < 4.78 is 26.2. The van der Waals surface area contributed by atoms with Crippen LogP contribution < -0.4 is 0 Å². The molecular weight excluding hydrogens is 510 g/mol. The molecule has 8 rings (SSSR count). The number of imidazole rings is 1. The lowest BCUT2D eigenvalue weighted by Crippen LogP contribution is -1.97. The van der Waals surface area contributed by atoms with Crippen molar-refractivity contribution in [2.45, 2.75) is 6.85 Å². The Bertz CT molecular complexity index is 2300. The third-order valence-electron chi connectivity index (χ3n) is 8.04. The normalized spacial score (nSPS) is 12.8. The standard InChI is InChI=1S/C39H27N3/c1-26-41-36-19-8-9-20-37(36)42(26)28-23-21-27(22-24-28)38-31-14-4-6-16-33(31)39(34-17-7-5-15-32(34)38)30-13-3-2-12-29(30)35-18-10-11-25-40-35/h2-25H,1H3/i1D3. The van der Waals surface area contributed by atoms with E-state index >= 15 is 0 Å². The van der Waals surface area contributed by atoms with Crippen molar-refractivity contribution in [1.82, 2.24) is 14.5 Å². The average Bonchev–Trinajstić information content (AvgIpc) is 3.48. The van der Waals surface area contributed by atoms with Gasteiger partial charge in [-0.2, -0.15) is 0 Å². The van der Waals surface area contributed by atoms with Crippen molar-refractivity contribution in [1.29, 1.82) is 0 Å². The quantitative estimate of drug-likeness (QED) is 0.208. The molecule has 0 spiro atoms. The Morgan fingerprint density at radius 3 is 1.81 bits per heavy atom. The van der Waals surface area contributed by atoms with Gasteiger partial charge in [-0.25, -0.2) is 4.98 Å². The van der Waals surface area contributed by atoms with Crippen LogP contribution in [0, 0.1) is 6.85 Å². The summed E-state index contributed by atoms with van der Waals surface area (Å²) in [4.78, 5) is 9.17. The molecule has 0 aliphatic carbocycles. The lowest BCUT2D eigenvalue weighted by molar-refractivity contribution is 1.00. The molecule has 0 unspecified atom stereocenters. The first-order chi connectivity index (χ1) is 22.0. The van der Waals surface area contributed by atoms with Gasteiger partial charge < -0.3 is 0 Å². The zero-order valence-corrected chi connectivity index (χ0v) is 22.7. The first-order valence-electron chi connectivity index (χ1n) is 15.5. The molecule has 0 N–H and O–H groups in total. The number of benzene rings is 6. The maximum absolute atomic E-state index is 8.16. The summed E-state index contributed by atoms with van der Waals surface area (Å²) >= 11 is 0. The molecule has 0 saturated heterocycles. The van der Waals surface area contributed by atoms with Crippen LogP contribution in [0.15, 0.2) is 146 Å². The molecule has 8 aromatic rings. The summed E-state index contributed by atoms with van der Waals surface area (Å²) in [5.74, 6) is 0.0586. The Morgan fingerprint density at radius 2 is 1.14 bits per heavy atom. The number of pyridine rings is 1. The van der Waals surface area contributed by atoms with Crippen molar-refractivity contribution in [2.75, 3.05) is 0 Å². The number of para-hydroxylation sites is 2. The monoisotopic (exact) mass is 540 g/mol. The Morgan fingerprint density at radius 1 is 0.548 bits per heavy atom. The van der Waals surface area contributed by atoms with Gasteiger partial charge in [-0.1, -0.05) is 103 Å². The highest BCUT2D eigenvalue weighted by atomic mass is 15.1. The minimum atomic E-state index is -2.36. The highest BCUT2D eigenvalue weighted by Gasteiger charge is 2.19. The average molecular weight is 541 g/mol. The molecule has 3 heteroatoms. The maximum Gasteiger partial charge on any atom is 0.111 e. The lowest BCUT2D eigenvalue weighted by atomic mass is 9.84. The largest absolute Gasteiger partial charge is 0.297 e. The molecular formula is C39H27N3.